The maximum Gasteiger partial charge on any atom is 0.343 e. The van der Waals surface area contributed by atoms with Gasteiger partial charge in [-0.2, -0.15) is 5.10 Å². The number of esters is 1. The number of carbonyl (C=O) groups is 2. The first-order valence-electron chi connectivity index (χ1n) is 9.40. The van der Waals surface area contributed by atoms with E-state index < -0.39 is 27.4 Å². The van der Waals surface area contributed by atoms with Crippen molar-refractivity contribution in [3.63, 3.8) is 0 Å². The molecule has 0 heterocycles. The molecule has 33 heavy (non-hydrogen) atoms. The number of nitrogens with one attached hydrogen (secondary N) is 1. The summed E-state index contributed by atoms with van der Waals surface area (Å²) >= 11 is 0. The summed E-state index contributed by atoms with van der Waals surface area (Å²) in [5, 5.41) is 25.9. The van der Waals surface area contributed by atoms with E-state index in [0.717, 1.165) is 11.8 Å². The molecule has 1 amide bonds. The van der Waals surface area contributed by atoms with Crippen molar-refractivity contribution in [2.24, 2.45) is 5.10 Å². The lowest BCUT2D eigenvalue weighted by molar-refractivity contribution is -0.385. The van der Waals surface area contributed by atoms with Crippen LogP contribution in [-0.2, 0) is 0 Å². The zero-order chi connectivity index (χ0) is 24.0. The topological polar surface area (TPSA) is 154 Å². The quantitative estimate of drug-likeness (QED) is 0.190. The standard InChI is InChI=1S/C22H16N4O7/c1-14-4-2-5-16(12-14)22(28)33-20-17(6-3-7-19(20)26(31)32)13-23-24-21(27)15-8-10-18(11-9-15)25(29)30/h2-13H,1H3,(H,24,27)/b23-13+. The van der Waals surface area contributed by atoms with Crippen LogP contribution in [0.2, 0.25) is 0 Å². The van der Waals surface area contributed by atoms with E-state index in [0.29, 0.717) is 0 Å². The first kappa shape index (κ1) is 22.7. The van der Waals surface area contributed by atoms with E-state index in [9.17, 15) is 29.8 Å². The van der Waals surface area contributed by atoms with Gasteiger partial charge < -0.3 is 4.74 Å². The van der Waals surface area contributed by atoms with E-state index >= 15 is 0 Å². The summed E-state index contributed by atoms with van der Waals surface area (Å²) in [5.74, 6) is -1.79. The predicted molar refractivity (Wildman–Crippen MR) is 117 cm³/mol. The average Bonchev–Trinajstić information content (AvgIpc) is 2.79. The van der Waals surface area contributed by atoms with Crippen LogP contribution in [0.25, 0.3) is 0 Å². The first-order valence-corrected chi connectivity index (χ1v) is 9.40. The Kier molecular flexibility index (Phi) is 6.84. The van der Waals surface area contributed by atoms with E-state index in [1.807, 2.05) is 0 Å². The van der Waals surface area contributed by atoms with Crippen molar-refractivity contribution < 1.29 is 24.2 Å². The Morgan fingerprint density at radius 1 is 0.939 bits per heavy atom. The van der Waals surface area contributed by atoms with Gasteiger partial charge in [-0.15, -0.1) is 0 Å². The van der Waals surface area contributed by atoms with Crippen LogP contribution in [0, 0.1) is 27.2 Å². The molecule has 0 unspecified atom stereocenters. The molecule has 11 nitrogen and oxygen atoms in total. The van der Waals surface area contributed by atoms with Crippen LogP contribution in [0.3, 0.4) is 0 Å². The second-order valence-electron chi connectivity index (χ2n) is 6.71. The summed E-state index contributed by atoms with van der Waals surface area (Å²) in [6.45, 7) is 1.79. The van der Waals surface area contributed by atoms with Crippen molar-refractivity contribution >= 4 is 29.5 Å². The largest absolute Gasteiger partial charge is 0.415 e. The number of non-ortho nitro benzene ring substituents is 1. The van der Waals surface area contributed by atoms with Crippen LogP contribution in [0.4, 0.5) is 11.4 Å². The molecule has 0 aromatic heterocycles. The molecule has 0 radical (unpaired) electrons. The number of nitrogens with zero attached hydrogens (tertiary/aromatic N) is 3. The number of nitro benzene ring substituents is 2. The Labute approximate surface area is 186 Å². The molecule has 0 saturated heterocycles. The molecule has 3 aromatic rings. The van der Waals surface area contributed by atoms with Crippen molar-refractivity contribution in [2.75, 3.05) is 0 Å². The molecule has 3 rings (SSSR count). The Hall–Kier alpha value is -4.93. The number of amides is 1. The lowest BCUT2D eigenvalue weighted by atomic mass is 10.1. The second-order valence-corrected chi connectivity index (χ2v) is 6.71. The number of carbonyl (C=O) groups excluding carboxylic acids is 2. The van der Waals surface area contributed by atoms with Crippen LogP contribution in [0.1, 0.15) is 31.8 Å². The molecule has 0 bridgehead atoms. The maximum absolute atomic E-state index is 12.5. The average molecular weight is 448 g/mol. The van der Waals surface area contributed by atoms with Gasteiger partial charge in [-0.25, -0.2) is 10.2 Å². The molecular formula is C22H16N4O7. The third-order valence-corrected chi connectivity index (χ3v) is 4.38. The van der Waals surface area contributed by atoms with Crippen LogP contribution in [-0.4, -0.2) is 27.9 Å². The van der Waals surface area contributed by atoms with Crippen molar-refractivity contribution in [3.8, 4) is 5.75 Å². The molecule has 0 aliphatic carbocycles. The highest BCUT2D eigenvalue weighted by Gasteiger charge is 2.22. The summed E-state index contributed by atoms with van der Waals surface area (Å²) in [6.07, 6.45) is 1.09. The molecule has 0 spiro atoms. The minimum absolute atomic E-state index is 0.0780. The van der Waals surface area contributed by atoms with Gasteiger partial charge in [0.2, 0.25) is 5.75 Å². The molecular weight excluding hydrogens is 432 g/mol. The van der Waals surface area contributed by atoms with Gasteiger partial charge in [0, 0.05) is 29.3 Å². The normalized spacial score (nSPS) is 10.6. The fourth-order valence-corrected chi connectivity index (χ4v) is 2.78. The molecule has 0 aliphatic heterocycles. The van der Waals surface area contributed by atoms with Gasteiger partial charge in [-0.3, -0.25) is 25.0 Å². The van der Waals surface area contributed by atoms with Gasteiger partial charge in [0.1, 0.15) is 0 Å². The molecule has 0 aliphatic rings. The highest BCUT2D eigenvalue weighted by Crippen LogP contribution is 2.30. The summed E-state index contributed by atoms with van der Waals surface area (Å²) in [7, 11) is 0. The van der Waals surface area contributed by atoms with Gasteiger partial charge >= 0.3 is 11.7 Å². The summed E-state index contributed by atoms with van der Waals surface area (Å²) < 4.78 is 5.31. The summed E-state index contributed by atoms with van der Waals surface area (Å²) in [4.78, 5) is 45.6. The number of benzene rings is 3. The minimum Gasteiger partial charge on any atom is -0.415 e. The predicted octanol–water partition coefficient (Wildman–Crippen LogP) is 3.79. The monoisotopic (exact) mass is 448 g/mol. The maximum atomic E-state index is 12.5. The SMILES string of the molecule is Cc1cccc(C(=O)Oc2c(/C=N/NC(=O)c3ccc([N+](=O)[O-])cc3)cccc2[N+](=O)[O-])c1. The fourth-order valence-electron chi connectivity index (χ4n) is 2.78. The molecule has 3 aromatic carbocycles. The van der Waals surface area contributed by atoms with E-state index in [2.05, 4.69) is 10.5 Å². The Morgan fingerprint density at radius 3 is 2.27 bits per heavy atom. The molecule has 0 fully saturated rings. The van der Waals surface area contributed by atoms with Crippen LogP contribution in [0.15, 0.2) is 71.8 Å². The van der Waals surface area contributed by atoms with Gasteiger partial charge in [-0.05, 0) is 37.3 Å². The summed E-state index contributed by atoms with van der Waals surface area (Å²) in [5.41, 5.74) is 2.79. The number of ether oxygens (including phenoxy) is 1. The van der Waals surface area contributed by atoms with E-state index in [1.54, 1.807) is 25.1 Å². The number of hydrazone groups is 1. The number of para-hydroxylation sites is 1. The molecule has 0 saturated carbocycles. The summed E-state index contributed by atoms with van der Waals surface area (Å²) in [6, 6.07) is 15.4. The van der Waals surface area contributed by atoms with Gasteiger partial charge in [0.25, 0.3) is 11.6 Å². The lowest BCUT2D eigenvalue weighted by Gasteiger charge is -2.08. The van der Waals surface area contributed by atoms with Gasteiger partial charge in [-0.1, -0.05) is 23.8 Å². The van der Waals surface area contributed by atoms with Crippen molar-refractivity contribution in [1.29, 1.82) is 0 Å². The minimum atomic E-state index is -0.794. The zero-order valence-corrected chi connectivity index (χ0v) is 17.1. The zero-order valence-electron chi connectivity index (χ0n) is 17.1. The third kappa shape index (κ3) is 5.61. The molecule has 1 N–H and O–H groups in total. The fraction of sp³-hybridized carbons (Fsp3) is 0.0455. The van der Waals surface area contributed by atoms with E-state index in [-0.39, 0.29) is 28.1 Å². The smallest absolute Gasteiger partial charge is 0.343 e. The second kappa shape index (κ2) is 9.92. The third-order valence-electron chi connectivity index (χ3n) is 4.38. The van der Waals surface area contributed by atoms with Crippen LogP contribution >= 0.6 is 0 Å². The number of hydrogen-bond acceptors (Lipinski definition) is 8. The number of aryl methyl sites for hydroxylation is 1. The van der Waals surface area contributed by atoms with Gasteiger partial charge in [0.15, 0.2) is 0 Å². The highest BCUT2D eigenvalue weighted by molar-refractivity contribution is 5.96. The first-order chi connectivity index (χ1) is 15.8. The van der Waals surface area contributed by atoms with Gasteiger partial charge in [0.05, 0.1) is 21.6 Å². The number of nitro groups is 2. The lowest BCUT2D eigenvalue weighted by Crippen LogP contribution is -2.17. The van der Waals surface area contributed by atoms with Crippen molar-refractivity contribution in [3.05, 3.63) is 109 Å². The van der Waals surface area contributed by atoms with Crippen molar-refractivity contribution in [1.82, 2.24) is 5.43 Å². The van der Waals surface area contributed by atoms with E-state index in [4.69, 9.17) is 4.74 Å². The molecule has 0 atom stereocenters. The molecule has 11 heteroatoms. The van der Waals surface area contributed by atoms with Crippen LogP contribution in [0.5, 0.6) is 5.75 Å². The molecule has 166 valence electrons. The Morgan fingerprint density at radius 2 is 1.64 bits per heavy atom. The van der Waals surface area contributed by atoms with Crippen molar-refractivity contribution in [2.45, 2.75) is 6.92 Å². The highest BCUT2D eigenvalue weighted by atomic mass is 16.6. The Bertz CT molecular complexity index is 1270. The number of hydrogen-bond donors (Lipinski definition) is 1. The van der Waals surface area contributed by atoms with Crippen LogP contribution < -0.4 is 10.2 Å². The Balaban J connectivity index is 1.82. The van der Waals surface area contributed by atoms with E-state index in [1.165, 1.54) is 48.5 Å². The number of rotatable bonds is 7.